The average Bonchev–Trinajstić information content (AvgIpc) is 2.69. The minimum absolute atomic E-state index is 0.197. The fraction of sp³-hybridized carbons (Fsp3) is 0.300. The molecular formula is C20H24N2O6. The Labute approximate surface area is 163 Å². The van der Waals surface area contributed by atoms with E-state index in [9.17, 15) is 9.59 Å². The van der Waals surface area contributed by atoms with Crippen molar-refractivity contribution >= 4 is 11.8 Å². The maximum atomic E-state index is 12.4. The van der Waals surface area contributed by atoms with Crippen molar-refractivity contribution < 1.29 is 28.5 Å². The van der Waals surface area contributed by atoms with Crippen molar-refractivity contribution in [2.24, 2.45) is 5.73 Å². The van der Waals surface area contributed by atoms with Crippen LogP contribution in [0.25, 0.3) is 0 Å². The van der Waals surface area contributed by atoms with Gasteiger partial charge in [-0.25, -0.2) is 0 Å². The highest BCUT2D eigenvalue weighted by Crippen LogP contribution is 2.38. The van der Waals surface area contributed by atoms with Gasteiger partial charge in [-0.15, -0.1) is 0 Å². The Morgan fingerprint density at radius 1 is 1.00 bits per heavy atom. The summed E-state index contributed by atoms with van der Waals surface area (Å²) in [6, 6.07) is 10.6. The molecule has 28 heavy (non-hydrogen) atoms. The Kier molecular flexibility index (Phi) is 7.50. The second kappa shape index (κ2) is 10.1. The molecule has 150 valence electrons. The number of amides is 2. The molecule has 0 saturated heterocycles. The first kappa shape index (κ1) is 20.9. The first-order chi connectivity index (χ1) is 13.4. The number of aryl methyl sites for hydroxylation is 1. The molecule has 0 aliphatic heterocycles. The molecule has 0 spiro atoms. The van der Waals surface area contributed by atoms with E-state index in [1.807, 2.05) is 31.2 Å². The molecule has 0 radical (unpaired) electrons. The molecule has 0 aromatic heterocycles. The van der Waals surface area contributed by atoms with Gasteiger partial charge in [0.1, 0.15) is 12.4 Å². The van der Waals surface area contributed by atoms with E-state index in [1.54, 1.807) is 0 Å². The van der Waals surface area contributed by atoms with Crippen molar-refractivity contribution in [3.63, 3.8) is 0 Å². The molecule has 2 amide bonds. The SMILES string of the molecule is COc1cc(C(=O)NCCOc2ccc(C)cc2)cc(OC)c1OCC(N)=O. The number of carbonyl (C=O) groups excluding carboxylic acids is 2. The van der Waals surface area contributed by atoms with Crippen LogP contribution in [-0.2, 0) is 4.79 Å². The van der Waals surface area contributed by atoms with Gasteiger partial charge in [0.2, 0.25) is 5.75 Å². The van der Waals surface area contributed by atoms with Crippen LogP contribution in [0.2, 0.25) is 0 Å². The summed E-state index contributed by atoms with van der Waals surface area (Å²) >= 11 is 0. The van der Waals surface area contributed by atoms with Gasteiger partial charge < -0.3 is 30.0 Å². The van der Waals surface area contributed by atoms with Gasteiger partial charge in [-0.05, 0) is 31.2 Å². The first-order valence-corrected chi connectivity index (χ1v) is 8.59. The molecule has 0 atom stereocenters. The van der Waals surface area contributed by atoms with Gasteiger partial charge in [0.15, 0.2) is 18.1 Å². The molecule has 2 aromatic rings. The zero-order valence-electron chi connectivity index (χ0n) is 16.1. The summed E-state index contributed by atoms with van der Waals surface area (Å²) in [5.41, 5.74) is 6.56. The Balaban J connectivity index is 1.99. The van der Waals surface area contributed by atoms with Crippen LogP contribution in [0.1, 0.15) is 15.9 Å². The van der Waals surface area contributed by atoms with Crippen molar-refractivity contribution in [2.75, 3.05) is 34.0 Å². The molecule has 8 heteroatoms. The topological polar surface area (TPSA) is 109 Å². The van der Waals surface area contributed by atoms with Crippen molar-refractivity contribution in [3.8, 4) is 23.0 Å². The standard InChI is InChI=1S/C20H24N2O6/c1-13-4-6-15(7-5-13)27-9-8-22-20(24)14-10-16(25-2)19(17(11-14)26-3)28-12-18(21)23/h4-7,10-11H,8-9,12H2,1-3H3,(H2,21,23)(H,22,24). The van der Waals surface area contributed by atoms with E-state index in [2.05, 4.69) is 5.32 Å². The fourth-order valence-corrected chi connectivity index (χ4v) is 2.37. The molecular weight excluding hydrogens is 364 g/mol. The van der Waals surface area contributed by atoms with E-state index in [1.165, 1.54) is 26.4 Å². The molecule has 2 aromatic carbocycles. The van der Waals surface area contributed by atoms with Crippen molar-refractivity contribution in [1.82, 2.24) is 5.32 Å². The Morgan fingerprint density at radius 3 is 2.14 bits per heavy atom. The number of primary amides is 1. The van der Waals surface area contributed by atoms with E-state index in [0.717, 1.165) is 11.3 Å². The minimum atomic E-state index is -0.639. The number of benzene rings is 2. The summed E-state index contributed by atoms with van der Waals surface area (Å²) < 4.78 is 21.4. The van der Waals surface area contributed by atoms with Gasteiger partial charge in [0.25, 0.3) is 11.8 Å². The maximum Gasteiger partial charge on any atom is 0.255 e. The predicted octanol–water partition coefficient (Wildman–Crippen LogP) is 1.69. The summed E-state index contributed by atoms with van der Waals surface area (Å²) in [5.74, 6) is 0.468. The zero-order chi connectivity index (χ0) is 20.5. The molecule has 0 fully saturated rings. The van der Waals surface area contributed by atoms with Crippen LogP contribution in [0, 0.1) is 6.92 Å². The molecule has 2 rings (SSSR count). The van der Waals surface area contributed by atoms with Gasteiger partial charge in [0.05, 0.1) is 20.8 Å². The van der Waals surface area contributed by atoms with E-state index in [0.29, 0.717) is 18.7 Å². The lowest BCUT2D eigenvalue weighted by Crippen LogP contribution is -2.28. The molecule has 0 saturated carbocycles. The maximum absolute atomic E-state index is 12.4. The van der Waals surface area contributed by atoms with Crippen LogP contribution in [-0.4, -0.2) is 45.8 Å². The van der Waals surface area contributed by atoms with Crippen molar-refractivity contribution in [2.45, 2.75) is 6.92 Å². The number of methoxy groups -OCH3 is 2. The number of carbonyl (C=O) groups is 2. The normalized spacial score (nSPS) is 10.1. The number of hydrogen-bond donors (Lipinski definition) is 2. The predicted molar refractivity (Wildman–Crippen MR) is 103 cm³/mol. The monoisotopic (exact) mass is 388 g/mol. The van der Waals surface area contributed by atoms with Crippen LogP contribution >= 0.6 is 0 Å². The smallest absolute Gasteiger partial charge is 0.255 e. The van der Waals surface area contributed by atoms with E-state index in [4.69, 9.17) is 24.7 Å². The first-order valence-electron chi connectivity index (χ1n) is 8.59. The Morgan fingerprint density at radius 2 is 1.61 bits per heavy atom. The quantitative estimate of drug-likeness (QED) is 0.600. The summed E-state index contributed by atoms with van der Waals surface area (Å²) in [6.07, 6.45) is 0. The lowest BCUT2D eigenvalue weighted by atomic mass is 10.1. The number of nitrogens with one attached hydrogen (secondary N) is 1. The highest BCUT2D eigenvalue weighted by molar-refractivity contribution is 5.95. The van der Waals surface area contributed by atoms with Gasteiger partial charge in [-0.3, -0.25) is 9.59 Å². The van der Waals surface area contributed by atoms with Gasteiger partial charge in [-0.1, -0.05) is 17.7 Å². The molecule has 8 nitrogen and oxygen atoms in total. The van der Waals surface area contributed by atoms with Crippen LogP contribution in [0.3, 0.4) is 0 Å². The van der Waals surface area contributed by atoms with E-state index >= 15 is 0 Å². The molecule has 0 bridgehead atoms. The Hall–Kier alpha value is -3.42. The molecule has 0 heterocycles. The van der Waals surface area contributed by atoms with Crippen molar-refractivity contribution in [1.29, 1.82) is 0 Å². The number of rotatable bonds is 10. The third kappa shape index (κ3) is 5.80. The largest absolute Gasteiger partial charge is 0.493 e. The van der Waals surface area contributed by atoms with Gasteiger partial charge in [0, 0.05) is 5.56 Å². The lowest BCUT2D eigenvalue weighted by Gasteiger charge is -2.15. The fourth-order valence-electron chi connectivity index (χ4n) is 2.37. The Bertz CT molecular complexity index is 795. The summed E-state index contributed by atoms with van der Waals surface area (Å²) in [7, 11) is 2.84. The van der Waals surface area contributed by atoms with Crippen LogP contribution in [0.5, 0.6) is 23.0 Å². The third-order valence-electron chi connectivity index (χ3n) is 3.76. The average molecular weight is 388 g/mol. The summed E-state index contributed by atoms with van der Waals surface area (Å²) in [4.78, 5) is 23.4. The third-order valence-corrected chi connectivity index (χ3v) is 3.76. The number of nitrogens with two attached hydrogens (primary N) is 1. The zero-order valence-corrected chi connectivity index (χ0v) is 16.1. The highest BCUT2D eigenvalue weighted by atomic mass is 16.5. The molecule has 0 aliphatic rings. The summed E-state index contributed by atoms with van der Waals surface area (Å²) in [5, 5.41) is 2.76. The van der Waals surface area contributed by atoms with Crippen LogP contribution < -0.4 is 30.0 Å². The molecule has 3 N–H and O–H groups in total. The highest BCUT2D eigenvalue weighted by Gasteiger charge is 2.18. The molecule has 0 unspecified atom stereocenters. The van der Waals surface area contributed by atoms with E-state index < -0.39 is 5.91 Å². The second-order valence-electron chi connectivity index (χ2n) is 5.88. The van der Waals surface area contributed by atoms with E-state index in [-0.39, 0.29) is 29.8 Å². The van der Waals surface area contributed by atoms with Gasteiger partial charge in [-0.2, -0.15) is 0 Å². The second-order valence-corrected chi connectivity index (χ2v) is 5.88. The minimum Gasteiger partial charge on any atom is -0.493 e. The van der Waals surface area contributed by atoms with Crippen molar-refractivity contribution in [3.05, 3.63) is 47.5 Å². The number of hydrogen-bond acceptors (Lipinski definition) is 6. The summed E-state index contributed by atoms with van der Waals surface area (Å²) in [6.45, 7) is 2.30. The van der Waals surface area contributed by atoms with Gasteiger partial charge >= 0.3 is 0 Å². The number of ether oxygens (including phenoxy) is 4. The van der Waals surface area contributed by atoms with Crippen LogP contribution in [0.15, 0.2) is 36.4 Å². The molecule has 0 aliphatic carbocycles. The van der Waals surface area contributed by atoms with Crippen LogP contribution in [0.4, 0.5) is 0 Å². The lowest BCUT2D eigenvalue weighted by molar-refractivity contribution is -0.120.